The molecule has 0 aliphatic rings. The van der Waals surface area contributed by atoms with Crippen LogP contribution in [0.25, 0.3) is 0 Å². The molecule has 1 aromatic carbocycles. The fraction of sp³-hybridized carbons (Fsp3) is 0.304. The molecule has 2 N–H and O–H groups in total. The molecule has 2 heterocycles. The molecule has 0 saturated carbocycles. The van der Waals surface area contributed by atoms with Gasteiger partial charge in [0.15, 0.2) is 17.3 Å². The zero-order valence-corrected chi connectivity index (χ0v) is 19.1. The van der Waals surface area contributed by atoms with E-state index >= 15 is 0 Å². The van der Waals surface area contributed by atoms with Gasteiger partial charge in [0.1, 0.15) is 6.61 Å². The van der Waals surface area contributed by atoms with Crippen LogP contribution in [-0.4, -0.2) is 40.4 Å². The summed E-state index contributed by atoms with van der Waals surface area (Å²) in [6, 6.07) is 10.7. The molecule has 1 amide bonds. The number of aromatic nitrogens is 2. The van der Waals surface area contributed by atoms with Crippen molar-refractivity contribution in [1.82, 2.24) is 15.5 Å². The summed E-state index contributed by atoms with van der Waals surface area (Å²) in [5.74, 6) is -1.07. The number of methoxy groups -OCH3 is 1. The van der Waals surface area contributed by atoms with Gasteiger partial charge in [0, 0.05) is 29.6 Å². The number of carbonyl (C=O) groups excluding carboxylic acids is 1. The Morgan fingerprint density at radius 3 is 2.43 bits per heavy atom. The van der Waals surface area contributed by atoms with Crippen LogP contribution in [-0.2, 0) is 17.9 Å². The Labute approximate surface area is 198 Å². The Balaban J connectivity index is 0.000000540. The van der Waals surface area contributed by atoms with Crippen LogP contribution in [0.4, 0.5) is 13.2 Å². The number of halogens is 3. The van der Waals surface area contributed by atoms with E-state index in [4.69, 9.17) is 23.9 Å². The highest BCUT2D eigenvalue weighted by molar-refractivity contribution is 5.94. The van der Waals surface area contributed by atoms with Crippen LogP contribution in [0.15, 0.2) is 53.3 Å². The fourth-order valence-electron chi connectivity index (χ4n) is 2.53. The van der Waals surface area contributed by atoms with Crippen LogP contribution < -0.4 is 14.8 Å². The van der Waals surface area contributed by atoms with Gasteiger partial charge < -0.3 is 24.4 Å². The molecule has 0 radical (unpaired) electrons. The van der Waals surface area contributed by atoms with Gasteiger partial charge in [-0.1, -0.05) is 25.1 Å². The van der Waals surface area contributed by atoms with Crippen molar-refractivity contribution >= 4 is 11.9 Å². The highest BCUT2D eigenvalue weighted by Gasteiger charge is 2.38. The number of benzene rings is 1. The molecule has 35 heavy (non-hydrogen) atoms. The zero-order valence-electron chi connectivity index (χ0n) is 19.1. The number of carboxylic acid groups (broad SMARTS) is 1. The summed E-state index contributed by atoms with van der Waals surface area (Å²) in [5, 5.41) is 13.9. The smallest absolute Gasteiger partial charge is 0.490 e. The Bertz CT molecular complexity index is 1120. The van der Waals surface area contributed by atoms with Gasteiger partial charge in [-0.2, -0.15) is 13.2 Å². The molecule has 0 bridgehead atoms. The van der Waals surface area contributed by atoms with Gasteiger partial charge in [0.2, 0.25) is 0 Å². The third-order valence-corrected chi connectivity index (χ3v) is 4.38. The number of pyridine rings is 1. The standard InChI is InChI=1S/C21H23N3O4.C2HF3O2/c1-14(2)18-10-17(28-24-18)12-23-21(25)16-6-7-19(26-3)20(9-16)27-13-15-5-4-8-22-11-15;3-2(4,5)1(6)7/h4-11,14H,12-13H2,1-3H3,(H,23,25);(H,6,7). The first-order chi connectivity index (χ1) is 16.5. The van der Waals surface area contributed by atoms with E-state index in [1.54, 1.807) is 37.7 Å². The Morgan fingerprint density at radius 1 is 1.17 bits per heavy atom. The minimum absolute atomic E-state index is 0.239. The van der Waals surface area contributed by atoms with Gasteiger partial charge in [-0.25, -0.2) is 4.79 Å². The van der Waals surface area contributed by atoms with Crippen molar-refractivity contribution in [1.29, 1.82) is 0 Å². The number of carbonyl (C=O) groups is 2. The first-order valence-electron chi connectivity index (χ1n) is 10.2. The lowest BCUT2D eigenvalue weighted by molar-refractivity contribution is -0.192. The summed E-state index contributed by atoms with van der Waals surface area (Å²) in [6.07, 6.45) is -1.65. The maximum atomic E-state index is 12.5. The van der Waals surface area contributed by atoms with Crippen molar-refractivity contribution in [3.8, 4) is 11.5 Å². The molecule has 9 nitrogen and oxygen atoms in total. The highest BCUT2D eigenvalue weighted by Crippen LogP contribution is 2.29. The zero-order chi connectivity index (χ0) is 26.0. The topological polar surface area (TPSA) is 124 Å². The lowest BCUT2D eigenvalue weighted by Crippen LogP contribution is -2.22. The highest BCUT2D eigenvalue weighted by atomic mass is 19.4. The van der Waals surface area contributed by atoms with E-state index in [0.717, 1.165) is 11.3 Å². The molecule has 0 fully saturated rings. The second-order valence-electron chi connectivity index (χ2n) is 7.37. The summed E-state index contributed by atoms with van der Waals surface area (Å²) in [6.45, 7) is 4.65. The van der Waals surface area contributed by atoms with Crippen molar-refractivity contribution in [3.63, 3.8) is 0 Å². The summed E-state index contributed by atoms with van der Waals surface area (Å²) in [7, 11) is 1.56. The monoisotopic (exact) mass is 495 g/mol. The Morgan fingerprint density at radius 2 is 1.89 bits per heavy atom. The summed E-state index contributed by atoms with van der Waals surface area (Å²) in [4.78, 5) is 25.5. The molecule has 0 unspecified atom stereocenters. The minimum atomic E-state index is -5.08. The number of amides is 1. The number of nitrogens with one attached hydrogen (secondary N) is 1. The number of rotatable bonds is 8. The van der Waals surface area contributed by atoms with E-state index in [-0.39, 0.29) is 18.4 Å². The average Bonchev–Trinajstić information content (AvgIpc) is 3.31. The third-order valence-electron chi connectivity index (χ3n) is 4.38. The van der Waals surface area contributed by atoms with Crippen LogP contribution in [0.1, 0.15) is 47.1 Å². The Hall–Kier alpha value is -4.09. The van der Waals surface area contributed by atoms with Crippen molar-refractivity contribution in [2.75, 3.05) is 7.11 Å². The van der Waals surface area contributed by atoms with Crippen LogP contribution >= 0.6 is 0 Å². The van der Waals surface area contributed by atoms with Crippen molar-refractivity contribution < 1.29 is 41.9 Å². The SMILES string of the molecule is COc1ccc(C(=O)NCc2cc(C(C)C)no2)cc1OCc1cccnc1.O=C(O)C(F)(F)F. The van der Waals surface area contributed by atoms with Gasteiger partial charge in [-0.05, 0) is 30.2 Å². The van der Waals surface area contributed by atoms with E-state index in [1.807, 2.05) is 32.0 Å². The number of hydrogen-bond acceptors (Lipinski definition) is 7. The number of ether oxygens (including phenoxy) is 2. The predicted molar refractivity (Wildman–Crippen MR) is 117 cm³/mol. The number of hydrogen-bond donors (Lipinski definition) is 2. The van der Waals surface area contributed by atoms with Gasteiger partial charge in [-0.3, -0.25) is 9.78 Å². The molecule has 0 atom stereocenters. The van der Waals surface area contributed by atoms with Crippen LogP contribution in [0.3, 0.4) is 0 Å². The molecule has 0 aliphatic carbocycles. The molecule has 3 aromatic rings. The second kappa shape index (κ2) is 12.4. The van der Waals surface area contributed by atoms with Gasteiger partial charge >= 0.3 is 12.1 Å². The molecular formula is C23H24F3N3O6. The van der Waals surface area contributed by atoms with E-state index in [1.165, 1.54) is 0 Å². The van der Waals surface area contributed by atoms with E-state index in [0.29, 0.717) is 29.4 Å². The van der Waals surface area contributed by atoms with Crippen molar-refractivity contribution in [2.24, 2.45) is 0 Å². The maximum absolute atomic E-state index is 12.5. The minimum Gasteiger partial charge on any atom is -0.493 e. The normalized spacial score (nSPS) is 10.8. The number of carboxylic acids is 1. The third kappa shape index (κ3) is 8.65. The molecule has 0 aliphatic heterocycles. The maximum Gasteiger partial charge on any atom is 0.490 e. The van der Waals surface area contributed by atoms with Crippen LogP contribution in [0.2, 0.25) is 0 Å². The van der Waals surface area contributed by atoms with E-state index in [2.05, 4.69) is 15.5 Å². The number of nitrogens with zero attached hydrogens (tertiary/aromatic N) is 2. The van der Waals surface area contributed by atoms with Crippen molar-refractivity contribution in [3.05, 3.63) is 71.4 Å². The van der Waals surface area contributed by atoms with Crippen LogP contribution in [0, 0.1) is 0 Å². The molecule has 188 valence electrons. The first-order valence-corrected chi connectivity index (χ1v) is 10.2. The molecule has 12 heteroatoms. The number of aliphatic carboxylic acids is 1. The average molecular weight is 495 g/mol. The summed E-state index contributed by atoms with van der Waals surface area (Å²) in [5.41, 5.74) is 2.25. The van der Waals surface area contributed by atoms with Gasteiger partial charge in [0.05, 0.1) is 19.3 Å². The lowest BCUT2D eigenvalue weighted by atomic mass is 10.1. The van der Waals surface area contributed by atoms with E-state index in [9.17, 15) is 18.0 Å². The molecule has 2 aromatic heterocycles. The molecule has 0 spiro atoms. The predicted octanol–water partition coefficient (Wildman–Crippen LogP) is 4.34. The quantitative estimate of drug-likeness (QED) is 0.473. The van der Waals surface area contributed by atoms with Gasteiger partial charge in [-0.15, -0.1) is 0 Å². The Kier molecular flexibility index (Phi) is 9.62. The lowest BCUT2D eigenvalue weighted by Gasteiger charge is -2.12. The first kappa shape index (κ1) is 27.2. The molecule has 3 rings (SSSR count). The summed E-state index contributed by atoms with van der Waals surface area (Å²) < 4.78 is 48.1. The second-order valence-corrected chi connectivity index (χ2v) is 7.37. The largest absolute Gasteiger partial charge is 0.493 e. The molecular weight excluding hydrogens is 471 g/mol. The number of alkyl halides is 3. The van der Waals surface area contributed by atoms with Crippen molar-refractivity contribution in [2.45, 2.75) is 39.1 Å². The van der Waals surface area contributed by atoms with Crippen LogP contribution in [0.5, 0.6) is 11.5 Å². The van der Waals surface area contributed by atoms with Gasteiger partial charge in [0.25, 0.3) is 5.91 Å². The summed E-state index contributed by atoms with van der Waals surface area (Å²) >= 11 is 0. The fourth-order valence-corrected chi connectivity index (χ4v) is 2.53. The van der Waals surface area contributed by atoms with E-state index < -0.39 is 12.1 Å². The molecule has 0 saturated heterocycles.